The Bertz CT molecular complexity index is 639. The van der Waals surface area contributed by atoms with Gasteiger partial charge in [-0.3, -0.25) is 0 Å². The van der Waals surface area contributed by atoms with Gasteiger partial charge in [0.2, 0.25) is 0 Å². The van der Waals surface area contributed by atoms with Crippen LogP contribution in [0.5, 0.6) is 5.75 Å². The van der Waals surface area contributed by atoms with Crippen LogP contribution in [0.25, 0.3) is 0 Å². The number of nitrogens with one attached hydrogen (secondary N) is 2. The molecule has 0 aliphatic heterocycles. The van der Waals surface area contributed by atoms with Crippen LogP contribution < -0.4 is 15.4 Å². The first-order chi connectivity index (χ1) is 10.5. The van der Waals surface area contributed by atoms with Gasteiger partial charge in [0.05, 0.1) is 6.54 Å². The molecule has 22 heavy (non-hydrogen) atoms. The van der Waals surface area contributed by atoms with Gasteiger partial charge in [-0.1, -0.05) is 28.1 Å². The third-order valence-electron chi connectivity index (χ3n) is 2.93. The Labute approximate surface area is 139 Å². The quantitative estimate of drug-likeness (QED) is 0.780. The van der Waals surface area contributed by atoms with Crippen LogP contribution in [0.15, 0.2) is 46.9 Å². The molecule has 0 unspecified atom stereocenters. The number of halogens is 1. The molecule has 0 atom stereocenters. The third-order valence-corrected chi connectivity index (χ3v) is 3.43. The summed E-state index contributed by atoms with van der Waals surface area (Å²) in [6.07, 6.45) is 0. The van der Waals surface area contributed by atoms with Gasteiger partial charge in [-0.2, -0.15) is 0 Å². The predicted molar refractivity (Wildman–Crippen MR) is 92.6 cm³/mol. The zero-order chi connectivity index (χ0) is 15.9. The van der Waals surface area contributed by atoms with Gasteiger partial charge in [0, 0.05) is 10.2 Å². The fraction of sp³-hybridized carbons (Fsp3) is 0.235. The van der Waals surface area contributed by atoms with Crippen molar-refractivity contribution in [1.29, 1.82) is 0 Å². The zero-order valence-corrected chi connectivity index (χ0v) is 14.2. The Morgan fingerprint density at radius 1 is 1.14 bits per heavy atom. The number of aryl methyl sites for hydroxylation is 2. The molecule has 0 saturated carbocycles. The Balaban J connectivity index is 1.73. The Morgan fingerprint density at radius 2 is 1.86 bits per heavy atom. The lowest BCUT2D eigenvalue weighted by Crippen LogP contribution is -2.32. The maximum Gasteiger partial charge on any atom is 0.319 e. The van der Waals surface area contributed by atoms with Crippen molar-refractivity contribution in [2.24, 2.45) is 0 Å². The molecule has 0 bridgehead atoms. The maximum absolute atomic E-state index is 11.8. The fourth-order valence-corrected chi connectivity index (χ4v) is 2.49. The Hall–Kier alpha value is -2.01. The minimum absolute atomic E-state index is 0.248. The van der Waals surface area contributed by atoms with Crippen LogP contribution in [-0.2, 0) is 0 Å². The van der Waals surface area contributed by atoms with Crippen LogP contribution in [0.3, 0.4) is 0 Å². The summed E-state index contributed by atoms with van der Waals surface area (Å²) in [5, 5.41) is 5.52. The monoisotopic (exact) mass is 362 g/mol. The summed E-state index contributed by atoms with van der Waals surface area (Å²) in [5.41, 5.74) is 3.06. The van der Waals surface area contributed by atoms with Crippen molar-refractivity contribution in [1.82, 2.24) is 5.32 Å². The molecule has 2 N–H and O–H groups in total. The van der Waals surface area contributed by atoms with E-state index < -0.39 is 0 Å². The van der Waals surface area contributed by atoms with Gasteiger partial charge in [-0.15, -0.1) is 0 Å². The maximum atomic E-state index is 11.8. The molecule has 2 aromatic rings. The number of ether oxygens (including phenoxy) is 1. The van der Waals surface area contributed by atoms with E-state index >= 15 is 0 Å². The van der Waals surface area contributed by atoms with Crippen LogP contribution in [-0.4, -0.2) is 19.2 Å². The highest BCUT2D eigenvalue weighted by molar-refractivity contribution is 9.10. The minimum atomic E-state index is -0.248. The average Bonchev–Trinajstić information content (AvgIpc) is 2.42. The van der Waals surface area contributed by atoms with Crippen LogP contribution in [0.1, 0.15) is 11.1 Å². The molecular formula is C17H19BrN2O2. The van der Waals surface area contributed by atoms with Gasteiger partial charge < -0.3 is 15.4 Å². The number of carbonyl (C=O) groups excluding carboxylic acids is 1. The molecule has 0 aliphatic carbocycles. The average molecular weight is 363 g/mol. The molecule has 0 fully saturated rings. The molecule has 5 heteroatoms. The van der Waals surface area contributed by atoms with Crippen LogP contribution in [0.4, 0.5) is 10.5 Å². The van der Waals surface area contributed by atoms with Gasteiger partial charge in [0.15, 0.2) is 0 Å². The van der Waals surface area contributed by atoms with E-state index in [-0.39, 0.29) is 6.03 Å². The lowest BCUT2D eigenvalue weighted by Gasteiger charge is -2.10. The van der Waals surface area contributed by atoms with Gasteiger partial charge in [0.1, 0.15) is 12.4 Å². The van der Waals surface area contributed by atoms with E-state index in [1.54, 1.807) is 0 Å². The van der Waals surface area contributed by atoms with Gasteiger partial charge in [0.25, 0.3) is 0 Å². The molecule has 0 saturated heterocycles. The fourth-order valence-electron chi connectivity index (χ4n) is 2.09. The molecule has 4 nitrogen and oxygen atoms in total. The number of anilines is 1. The molecular weight excluding hydrogens is 344 g/mol. The Kier molecular flexibility index (Phi) is 5.83. The van der Waals surface area contributed by atoms with Crippen molar-refractivity contribution in [3.8, 4) is 5.75 Å². The minimum Gasteiger partial charge on any atom is -0.492 e. The first-order valence-electron chi connectivity index (χ1n) is 7.04. The highest BCUT2D eigenvalue weighted by Gasteiger charge is 2.02. The van der Waals surface area contributed by atoms with E-state index in [1.165, 1.54) is 0 Å². The molecule has 0 heterocycles. The van der Waals surface area contributed by atoms with Crippen molar-refractivity contribution >= 4 is 27.6 Å². The highest BCUT2D eigenvalue weighted by atomic mass is 79.9. The molecule has 0 aliphatic rings. The summed E-state index contributed by atoms with van der Waals surface area (Å²) >= 11 is 3.36. The molecule has 0 radical (unpaired) electrons. The smallest absolute Gasteiger partial charge is 0.319 e. The van der Waals surface area contributed by atoms with Crippen molar-refractivity contribution in [3.05, 3.63) is 58.1 Å². The molecule has 0 spiro atoms. The molecule has 2 rings (SSSR count). The van der Waals surface area contributed by atoms with Gasteiger partial charge in [-0.25, -0.2) is 4.79 Å². The Morgan fingerprint density at radius 3 is 2.55 bits per heavy atom. The summed E-state index contributed by atoms with van der Waals surface area (Å²) in [6.45, 7) is 4.93. The largest absolute Gasteiger partial charge is 0.492 e. The molecule has 2 amide bonds. The molecule has 116 valence electrons. The van der Waals surface area contributed by atoms with Crippen LogP contribution in [0.2, 0.25) is 0 Å². The number of benzene rings is 2. The van der Waals surface area contributed by atoms with E-state index in [0.29, 0.717) is 13.2 Å². The van der Waals surface area contributed by atoms with Crippen molar-refractivity contribution in [3.63, 3.8) is 0 Å². The summed E-state index contributed by atoms with van der Waals surface area (Å²) in [7, 11) is 0. The second kappa shape index (κ2) is 7.84. The predicted octanol–water partition coefficient (Wildman–Crippen LogP) is 4.27. The number of carbonyl (C=O) groups is 1. The highest BCUT2D eigenvalue weighted by Crippen LogP contribution is 2.16. The van der Waals surface area contributed by atoms with E-state index in [9.17, 15) is 4.79 Å². The first kappa shape index (κ1) is 16.4. The standard InChI is InChI=1S/C17H19BrN2O2/c1-12-8-13(2)10-16(9-12)22-7-6-19-17(21)20-15-5-3-4-14(18)11-15/h3-5,8-11H,6-7H2,1-2H3,(H2,19,20,21). The van der Waals surface area contributed by atoms with E-state index in [1.807, 2.05) is 50.2 Å². The molecule has 0 aromatic heterocycles. The lowest BCUT2D eigenvalue weighted by molar-refractivity contribution is 0.247. The third kappa shape index (κ3) is 5.41. The summed E-state index contributed by atoms with van der Waals surface area (Å²) < 4.78 is 6.56. The van der Waals surface area contributed by atoms with E-state index in [4.69, 9.17) is 4.74 Å². The lowest BCUT2D eigenvalue weighted by atomic mass is 10.1. The van der Waals surface area contributed by atoms with Crippen molar-refractivity contribution in [2.45, 2.75) is 13.8 Å². The van der Waals surface area contributed by atoms with E-state index in [0.717, 1.165) is 27.0 Å². The second-order valence-corrected chi connectivity index (χ2v) is 5.98. The number of urea groups is 1. The SMILES string of the molecule is Cc1cc(C)cc(OCCNC(=O)Nc2cccc(Br)c2)c1. The summed E-state index contributed by atoms with van der Waals surface area (Å²) in [6, 6.07) is 13.2. The normalized spacial score (nSPS) is 10.1. The summed E-state index contributed by atoms with van der Waals surface area (Å²) in [5.74, 6) is 0.826. The first-order valence-corrected chi connectivity index (χ1v) is 7.84. The number of hydrogen-bond donors (Lipinski definition) is 2. The van der Waals surface area contributed by atoms with E-state index in [2.05, 4.69) is 32.6 Å². The van der Waals surface area contributed by atoms with Crippen LogP contribution in [0, 0.1) is 13.8 Å². The number of hydrogen-bond acceptors (Lipinski definition) is 2. The van der Waals surface area contributed by atoms with Crippen molar-refractivity contribution in [2.75, 3.05) is 18.5 Å². The topological polar surface area (TPSA) is 50.4 Å². The number of rotatable bonds is 5. The summed E-state index contributed by atoms with van der Waals surface area (Å²) in [4.78, 5) is 11.8. The number of amides is 2. The van der Waals surface area contributed by atoms with Crippen LogP contribution >= 0.6 is 15.9 Å². The molecule has 2 aromatic carbocycles. The van der Waals surface area contributed by atoms with Gasteiger partial charge in [-0.05, 0) is 55.3 Å². The zero-order valence-electron chi connectivity index (χ0n) is 12.7. The van der Waals surface area contributed by atoms with Crippen molar-refractivity contribution < 1.29 is 9.53 Å². The second-order valence-electron chi connectivity index (χ2n) is 5.06. The van der Waals surface area contributed by atoms with Gasteiger partial charge >= 0.3 is 6.03 Å².